The summed E-state index contributed by atoms with van der Waals surface area (Å²) in [6.45, 7) is 0. The number of hydrogen-bond donors (Lipinski definition) is 0. The van der Waals surface area contributed by atoms with Crippen LogP contribution >= 0.6 is 15.9 Å². The number of nitrogens with zero attached hydrogens (tertiary/aromatic N) is 1. The average Bonchev–Trinajstić information content (AvgIpc) is 2.08. The predicted octanol–water partition coefficient (Wildman–Crippen LogP) is 3.10. The Morgan fingerprint density at radius 1 is 1.54 bits per heavy atom. The van der Waals surface area contributed by atoms with E-state index in [-0.39, 0.29) is 11.3 Å². The van der Waals surface area contributed by atoms with Crippen LogP contribution in [0.25, 0.3) is 6.08 Å². The molecule has 68 valence electrons. The number of benzene rings is 1. The molecule has 0 N–H and O–H groups in total. The Hall–Kier alpha value is -1.23. The Morgan fingerprint density at radius 3 is 2.77 bits per heavy atom. The van der Waals surface area contributed by atoms with E-state index in [2.05, 4.69) is 15.9 Å². The van der Waals surface area contributed by atoms with Gasteiger partial charge < -0.3 is 0 Å². The molecule has 0 aromatic heterocycles. The van der Waals surface area contributed by atoms with Crippen molar-refractivity contribution in [3.05, 3.63) is 44.7 Å². The lowest BCUT2D eigenvalue weighted by Gasteiger charge is -1.95. The van der Waals surface area contributed by atoms with Gasteiger partial charge in [-0.15, -0.1) is 0 Å². The van der Waals surface area contributed by atoms with Gasteiger partial charge in [0.2, 0.25) is 0 Å². The number of hydrogen-bond acceptors (Lipinski definition) is 2. The van der Waals surface area contributed by atoms with E-state index in [1.165, 1.54) is 17.1 Å². The Labute approximate surface area is 82.2 Å². The molecule has 0 radical (unpaired) electrons. The van der Waals surface area contributed by atoms with Crippen LogP contribution in [0.4, 0.5) is 10.1 Å². The third-order valence-corrected chi connectivity index (χ3v) is 1.70. The zero-order valence-corrected chi connectivity index (χ0v) is 7.99. The van der Waals surface area contributed by atoms with E-state index in [0.29, 0.717) is 0 Å². The highest BCUT2D eigenvalue weighted by Crippen LogP contribution is 2.18. The predicted molar refractivity (Wildman–Crippen MR) is 51.0 cm³/mol. The van der Waals surface area contributed by atoms with Crippen molar-refractivity contribution in [2.24, 2.45) is 0 Å². The van der Waals surface area contributed by atoms with Crippen molar-refractivity contribution < 1.29 is 9.31 Å². The summed E-state index contributed by atoms with van der Waals surface area (Å²) < 4.78 is 12.9. The molecule has 1 aromatic rings. The van der Waals surface area contributed by atoms with E-state index >= 15 is 0 Å². The standard InChI is InChI=1S/C8H5BrFNO2/c9-4-3-6-5-7(11(12)13)1-2-8(6)10/h1-5H/b4-3+. The molecular weight excluding hydrogens is 241 g/mol. The molecular formula is C8H5BrFNO2. The monoisotopic (exact) mass is 245 g/mol. The number of non-ortho nitro benzene ring substituents is 1. The minimum absolute atomic E-state index is 0.123. The molecule has 0 saturated carbocycles. The van der Waals surface area contributed by atoms with Gasteiger partial charge in [0.15, 0.2) is 0 Å². The van der Waals surface area contributed by atoms with Gasteiger partial charge in [-0.3, -0.25) is 10.1 Å². The summed E-state index contributed by atoms with van der Waals surface area (Å²) in [5, 5.41) is 10.3. The van der Waals surface area contributed by atoms with Crippen LogP contribution < -0.4 is 0 Å². The van der Waals surface area contributed by atoms with Crippen LogP contribution in [-0.4, -0.2) is 4.92 Å². The molecule has 1 rings (SSSR count). The molecule has 0 aliphatic rings. The molecule has 0 amide bonds. The maximum Gasteiger partial charge on any atom is 0.270 e. The van der Waals surface area contributed by atoms with Crippen molar-refractivity contribution in [1.82, 2.24) is 0 Å². The van der Waals surface area contributed by atoms with Gasteiger partial charge in [0.25, 0.3) is 5.69 Å². The normalized spacial score (nSPS) is 10.6. The summed E-state index contributed by atoms with van der Waals surface area (Å²) in [6.07, 6.45) is 1.41. The maximum atomic E-state index is 12.9. The van der Waals surface area contributed by atoms with E-state index in [9.17, 15) is 14.5 Å². The van der Waals surface area contributed by atoms with E-state index in [0.717, 1.165) is 12.1 Å². The SMILES string of the molecule is O=[N+]([O-])c1ccc(F)c(/C=C/Br)c1. The molecule has 1 aromatic carbocycles. The first-order chi connectivity index (χ1) is 6.15. The Bertz CT molecular complexity index is 365. The molecule has 0 unspecified atom stereocenters. The van der Waals surface area contributed by atoms with Crippen LogP contribution in [0.3, 0.4) is 0 Å². The molecule has 0 spiro atoms. The first kappa shape index (κ1) is 9.85. The van der Waals surface area contributed by atoms with Crippen molar-refractivity contribution in [2.75, 3.05) is 0 Å². The zero-order valence-electron chi connectivity index (χ0n) is 6.41. The summed E-state index contributed by atoms with van der Waals surface area (Å²) in [4.78, 5) is 11.2. The van der Waals surface area contributed by atoms with Crippen LogP contribution in [0, 0.1) is 15.9 Å². The van der Waals surface area contributed by atoms with Gasteiger partial charge >= 0.3 is 0 Å². The third-order valence-electron chi connectivity index (χ3n) is 1.43. The first-order valence-corrected chi connectivity index (χ1v) is 4.27. The smallest absolute Gasteiger partial charge is 0.258 e. The largest absolute Gasteiger partial charge is 0.270 e. The number of halogens is 2. The summed E-state index contributed by atoms with van der Waals surface area (Å²) in [7, 11) is 0. The van der Waals surface area contributed by atoms with Crippen molar-refractivity contribution in [2.45, 2.75) is 0 Å². The van der Waals surface area contributed by atoms with Crippen LogP contribution in [-0.2, 0) is 0 Å². The number of nitro benzene ring substituents is 1. The second kappa shape index (κ2) is 4.13. The quantitative estimate of drug-likeness (QED) is 0.594. The van der Waals surface area contributed by atoms with Crippen LogP contribution in [0.15, 0.2) is 23.2 Å². The van der Waals surface area contributed by atoms with Gasteiger partial charge in [0.05, 0.1) is 4.92 Å². The van der Waals surface area contributed by atoms with Gasteiger partial charge in [-0.05, 0) is 17.1 Å². The first-order valence-electron chi connectivity index (χ1n) is 3.36. The fourth-order valence-corrected chi connectivity index (χ4v) is 1.13. The minimum Gasteiger partial charge on any atom is -0.258 e. The molecule has 3 nitrogen and oxygen atoms in total. The summed E-state index contributed by atoms with van der Waals surface area (Å²) >= 11 is 2.96. The van der Waals surface area contributed by atoms with Gasteiger partial charge in [0.1, 0.15) is 5.82 Å². The topological polar surface area (TPSA) is 43.1 Å². The molecule has 0 atom stereocenters. The van der Waals surface area contributed by atoms with E-state index < -0.39 is 10.7 Å². The fraction of sp³-hybridized carbons (Fsp3) is 0. The zero-order chi connectivity index (χ0) is 9.84. The second-order valence-electron chi connectivity index (χ2n) is 2.26. The summed E-state index contributed by atoms with van der Waals surface area (Å²) in [5.41, 5.74) is 0.0630. The number of nitro groups is 1. The lowest BCUT2D eigenvalue weighted by atomic mass is 10.2. The van der Waals surface area contributed by atoms with Gasteiger partial charge in [-0.1, -0.05) is 15.9 Å². The Balaban J connectivity index is 3.18. The summed E-state index contributed by atoms with van der Waals surface area (Å²) in [6, 6.07) is 3.37. The van der Waals surface area contributed by atoms with Crippen molar-refractivity contribution in [3.8, 4) is 0 Å². The third kappa shape index (κ3) is 2.35. The van der Waals surface area contributed by atoms with Gasteiger partial charge in [-0.2, -0.15) is 0 Å². The Morgan fingerprint density at radius 2 is 2.23 bits per heavy atom. The van der Waals surface area contributed by atoms with E-state index in [1.54, 1.807) is 0 Å². The minimum atomic E-state index is -0.564. The highest BCUT2D eigenvalue weighted by atomic mass is 79.9. The second-order valence-corrected chi connectivity index (χ2v) is 2.78. The van der Waals surface area contributed by atoms with Crippen LogP contribution in [0.5, 0.6) is 0 Å². The number of rotatable bonds is 2. The molecule has 13 heavy (non-hydrogen) atoms. The average molecular weight is 246 g/mol. The Kier molecular flexibility index (Phi) is 3.13. The maximum absolute atomic E-state index is 12.9. The lowest BCUT2D eigenvalue weighted by Crippen LogP contribution is -1.90. The molecule has 0 heterocycles. The molecule has 0 aliphatic carbocycles. The van der Waals surface area contributed by atoms with Gasteiger partial charge in [0, 0.05) is 17.7 Å². The molecule has 0 fully saturated rings. The van der Waals surface area contributed by atoms with Crippen molar-refractivity contribution in [3.63, 3.8) is 0 Å². The molecule has 0 aliphatic heterocycles. The highest BCUT2D eigenvalue weighted by Gasteiger charge is 2.08. The fourth-order valence-electron chi connectivity index (χ4n) is 0.840. The van der Waals surface area contributed by atoms with E-state index in [1.807, 2.05) is 0 Å². The van der Waals surface area contributed by atoms with Crippen molar-refractivity contribution >= 4 is 27.7 Å². The molecule has 5 heteroatoms. The van der Waals surface area contributed by atoms with Crippen LogP contribution in [0.2, 0.25) is 0 Å². The van der Waals surface area contributed by atoms with Gasteiger partial charge in [-0.25, -0.2) is 4.39 Å². The van der Waals surface area contributed by atoms with Crippen LogP contribution in [0.1, 0.15) is 5.56 Å². The molecule has 0 saturated heterocycles. The highest BCUT2D eigenvalue weighted by molar-refractivity contribution is 9.11. The van der Waals surface area contributed by atoms with E-state index in [4.69, 9.17) is 0 Å². The lowest BCUT2D eigenvalue weighted by molar-refractivity contribution is -0.384. The van der Waals surface area contributed by atoms with Crippen molar-refractivity contribution in [1.29, 1.82) is 0 Å². The molecule has 0 bridgehead atoms. The summed E-state index contributed by atoms with van der Waals surface area (Å²) in [5.74, 6) is -0.485.